The average molecular weight is 142 g/mol. The molecule has 2 heteroatoms. The van der Waals surface area contributed by atoms with Gasteiger partial charge in [-0.05, 0) is 25.7 Å². The van der Waals surface area contributed by atoms with Crippen LogP contribution in [-0.4, -0.2) is 17.3 Å². The van der Waals surface area contributed by atoms with E-state index in [1.807, 2.05) is 0 Å². The van der Waals surface area contributed by atoms with Gasteiger partial charge in [-0.2, -0.15) is 0 Å². The minimum absolute atomic E-state index is 0.0949. The molecule has 1 fully saturated rings. The highest BCUT2D eigenvalue weighted by molar-refractivity contribution is 4.84. The predicted molar refractivity (Wildman–Crippen MR) is 41.3 cm³/mol. The Labute approximate surface area is 62.4 Å². The molecular weight excluding hydrogens is 126 g/mol. The van der Waals surface area contributed by atoms with Crippen LogP contribution in [0.15, 0.2) is 0 Å². The Morgan fingerprint density at radius 3 is 2.30 bits per heavy atom. The van der Waals surface area contributed by atoms with Crippen LogP contribution in [0, 0.1) is 12.8 Å². The van der Waals surface area contributed by atoms with E-state index < -0.39 is 6.10 Å². The highest BCUT2D eigenvalue weighted by Crippen LogP contribution is 2.27. The molecule has 2 unspecified atom stereocenters. The third kappa shape index (κ3) is 1.70. The molecule has 0 aliphatic heterocycles. The van der Waals surface area contributed by atoms with E-state index in [0.29, 0.717) is 5.92 Å². The van der Waals surface area contributed by atoms with E-state index in [1.54, 1.807) is 0 Å². The van der Waals surface area contributed by atoms with E-state index in [4.69, 9.17) is 10.8 Å². The summed E-state index contributed by atoms with van der Waals surface area (Å²) in [5, 5.41) is 9.05. The van der Waals surface area contributed by atoms with Gasteiger partial charge in [0.05, 0.1) is 6.10 Å². The van der Waals surface area contributed by atoms with Gasteiger partial charge in [0.2, 0.25) is 0 Å². The quantitative estimate of drug-likeness (QED) is 0.596. The van der Waals surface area contributed by atoms with Crippen molar-refractivity contribution in [3.8, 4) is 0 Å². The second-order valence-electron chi connectivity index (χ2n) is 3.19. The van der Waals surface area contributed by atoms with Gasteiger partial charge in [-0.25, -0.2) is 0 Å². The van der Waals surface area contributed by atoms with E-state index in [-0.39, 0.29) is 6.04 Å². The fraction of sp³-hybridized carbons (Fsp3) is 0.875. The summed E-state index contributed by atoms with van der Waals surface area (Å²) in [6.45, 7) is 3.51. The van der Waals surface area contributed by atoms with Crippen LogP contribution in [0.4, 0.5) is 0 Å². The Bertz CT molecular complexity index is 97.4. The number of rotatable bonds is 2. The van der Waals surface area contributed by atoms with Crippen LogP contribution in [0.25, 0.3) is 0 Å². The Morgan fingerprint density at radius 1 is 1.40 bits per heavy atom. The molecule has 1 saturated carbocycles. The molecule has 3 N–H and O–H groups in total. The molecule has 0 aromatic rings. The van der Waals surface area contributed by atoms with Crippen molar-refractivity contribution in [2.24, 2.45) is 11.7 Å². The standard InChI is InChI=1S/C8H16NO/c1-6(10)8(9)7-4-2-3-5-7/h6-8,10H,1-5,9H2. The number of aliphatic hydroxyl groups excluding tert-OH is 1. The third-order valence-electron chi connectivity index (χ3n) is 2.39. The van der Waals surface area contributed by atoms with Crippen LogP contribution in [0.3, 0.4) is 0 Å². The second-order valence-corrected chi connectivity index (χ2v) is 3.19. The van der Waals surface area contributed by atoms with Crippen LogP contribution < -0.4 is 5.73 Å². The van der Waals surface area contributed by atoms with Gasteiger partial charge in [0.15, 0.2) is 0 Å². The van der Waals surface area contributed by atoms with Crippen molar-refractivity contribution >= 4 is 0 Å². The van der Waals surface area contributed by atoms with E-state index in [0.717, 1.165) is 0 Å². The molecule has 1 aliphatic rings. The average Bonchev–Trinajstić information content (AvgIpc) is 2.36. The molecule has 2 atom stereocenters. The molecular formula is C8H16NO. The Morgan fingerprint density at radius 2 is 1.90 bits per heavy atom. The largest absolute Gasteiger partial charge is 0.392 e. The first-order chi connectivity index (χ1) is 4.72. The lowest BCUT2D eigenvalue weighted by Gasteiger charge is -2.20. The molecule has 10 heavy (non-hydrogen) atoms. The molecule has 1 rings (SSSR count). The number of nitrogens with two attached hydrogens (primary N) is 1. The summed E-state index contributed by atoms with van der Waals surface area (Å²) in [5.41, 5.74) is 5.71. The third-order valence-corrected chi connectivity index (χ3v) is 2.39. The summed E-state index contributed by atoms with van der Waals surface area (Å²) in [4.78, 5) is 0. The minimum atomic E-state index is -0.580. The van der Waals surface area contributed by atoms with Gasteiger partial charge >= 0.3 is 0 Å². The van der Waals surface area contributed by atoms with Gasteiger partial charge in [0, 0.05) is 6.04 Å². The van der Waals surface area contributed by atoms with Crippen molar-refractivity contribution in [2.75, 3.05) is 0 Å². The Kier molecular flexibility index (Phi) is 2.69. The maximum Gasteiger partial charge on any atom is 0.0694 e. The highest BCUT2D eigenvalue weighted by Gasteiger charge is 2.24. The molecule has 59 valence electrons. The van der Waals surface area contributed by atoms with Crippen molar-refractivity contribution in [2.45, 2.75) is 37.8 Å². The SMILES string of the molecule is [CH2]C(O)C(N)C1CCCC1. The van der Waals surface area contributed by atoms with Gasteiger partial charge in [0.25, 0.3) is 0 Å². The zero-order chi connectivity index (χ0) is 7.56. The lowest BCUT2D eigenvalue weighted by Crippen LogP contribution is -2.38. The van der Waals surface area contributed by atoms with Gasteiger partial charge in [-0.15, -0.1) is 0 Å². The van der Waals surface area contributed by atoms with E-state index in [2.05, 4.69) is 6.92 Å². The van der Waals surface area contributed by atoms with Crippen LogP contribution in [0.5, 0.6) is 0 Å². The molecule has 0 saturated heterocycles. The summed E-state index contributed by atoms with van der Waals surface area (Å²) in [6, 6.07) is -0.0949. The highest BCUT2D eigenvalue weighted by atomic mass is 16.3. The molecule has 0 bridgehead atoms. The molecule has 2 nitrogen and oxygen atoms in total. The number of aliphatic hydroxyl groups is 1. The first-order valence-electron chi connectivity index (χ1n) is 3.98. The first-order valence-corrected chi connectivity index (χ1v) is 3.98. The summed E-state index contributed by atoms with van der Waals surface area (Å²) >= 11 is 0. The molecule has 0 spiro atoms. The summed E-state index contributed by atoms with van der Waals surface area (Å²) < 4.78 is 0. The maximum atomic E-state index is 9.05. The Balaban J connectivity index is 2.32. The number of hydrogen-bond acceptors (Lipinski definition) is 2. The van der Waals surface area contributed by atoms with Gasteiger partial charge in [-0.3, -0.25) is 0 Å². The normalized spacial score (nSPS) is 26.7. The van der Waals surface area contributed by atoms with Crippen LogP contribution in [-0.2, 0) is 0 Å². The van der Waals surface area contributed by atoms with E-state index in [1.165, 1.54) is 25.7 Å². The van der Waals surface area contributed by atoms with Crippen molar-refractivity contribution in [3.05, 3.63) is 6.92 Å². The topological polar surface area (TPSA) is 46.2 Å². The lowest BCUT2D eigenvalue weighted by molar-refractivity contribution is 0.157. The lowest BCUT2D eigenvalue weighted by atomic mass is 9.95. The monoisotopic (exact) mass is 142 g/mol. The smallest absolute Gasteiger partial charge is 0.0694 e. The van der Waals surface area contributed by atoms with Gasteiger partial charge < -0.3 is 10.8 Å². The molecule has 1 aliphatic carbocycles. The predicted octanol–water partition coefficient (Wildman–Crippen LogP) is 0.699. The summed E-state index contributed by atoms with van der Waals surface area (Å²) in [5.74, 6) is 0.521. The molecule has 0 heterocycles. The summed E-state index contributed by atoms with van der Waals surface area (Å²) in [6.07, 6.45) is 4.31. The van der Waals surface area contributed by atoms with Crippen LogP contribution in [0.2, 0.25) is 0 Å². The van der Waals surface area contributed by atoms with Gasteiger partial charge in [0.1, 0.15) is 0 Å². The van der Waals surface area contributed by atoms with Crippen molar-refractivity contribution in [3.63, 3.8) is 0 Å². The molecule has 0 amide bonds. The van der Waals surface area contributed by atoms with E-state index in [9.17, 15) is 0 Å². The first kappa shape index (κ1) is 8.02. The maximum absolute atomic E-state index is 9.05. The Hall–Kier alpha value is -0.0800. The van der Waals surface area contributed by atoms with Crippen molar-refractivity contribution < 1.29 is 5.11 Å². The number of hydrogen-bond donors (Lipinski definition) is 2. The zero-order valence-corrected chi connectivity index (χ0v) is 6.29. The van der Waals surface area contributed by atoms with Gasteiger partial charge in [-0.1, -0.05) is 12.8 Å². The van der Waals surface area contributed by atoms with Crippen molar-refractivity contribution in [1.82, 2.24) is 0 Å². The van der Waals surface area contributed by atoms with Crippen LogP contribution >= 0.6 is 0 Å². The fourth-order valence-electron chi connectivity index (χ4n) is 1.66. The fourth-order valence-corrected chi connectivity index (χ4v) is 1.66. The van der Waals surface area contributed by atoms with Crippen LogP contribution in [0.1, 0.15) is 25.7 Å². The molecule has 0 aromatic heterocycles. The summed E-state index contributed by atoms with van der Waals surface area (Å²) in [7, 11) is 0. The minimum Gasteiger partial charge on any atom is -0.392 e. The molecule has 1 radical (unpaired) electrons. The van der Waals surface area contributed by atoms with E-state index >= 15 is 0 Å². The molecule has 0 aromatic carbocycles. The zero-order valence-electron chi connectivity index (χ0n) is 6.29. The van der Waals surface area contributed by atoms with Crippen molar-refractivity contribution in [1.29, 1.82) is 0 Å². The second kappa shape index (κ2) is 3.35.